The van der Waals surface area contributed by atoms with Crippen molar-refractivity contribution in [3.63, 3.8) is 0 Å². The zero-order chi connectivity index (χ0) is 14.7. The van der Waals surface area contributed by atoms with Gasteiger partial charge in [-0.2, -0.15) is 0 Å². The molecule has 110 valence electrons. The standard InChI is InChI=1S/C17H25NO2/c1-11-8-9-15(18)14(10-11)16(17(19)20)12(2)13-6-4-3-5-7-13/h8-10,12-13,16H,3-7,18H2,1-2H3,(H,19,20). The van der Waals surface area contributed by atoms with E-state index in [1.807, 2.05) is 25.1 Å². The maximum atomic E-state index is 11.8. The van der Waals surface area contributed by atoms with Gasteiger partial charge in [0.05, 0.1) is 5.92 Å². The number of hydrogen-bond acceptors (Lipinski definition) is 2. The lowest BCUT2D eigenvalue weighted by Gasteiger charge is -2.32. The third kappa shape index (κ3) is 3.14. The van der Waals surface area contributed by atoms with Crippen LogP contribution in [-0.2, 0) is 4.79 Å². The van der Waals surface area contributed by atoms with Crippen LogP contribution in [0.15, 0.2) is 18.2 Å². The molecule has 2 atom stereocenters. The molecule has 2 rings (SSSR count). The average Bonchev–Trinajstić information content (AvgIpc) is 2.43. The molecule has 0 aromatic heterocycles. The van der Waals surface area contributed by atoms with Crippen LogP contribution >= 0.6 is 0 Å². The van der Waals surface area contributed by atoms with Crippen molar-refractivity contribution in [3.8, 4) is 0 Å². The highest BCUT2D eigenvalue weighted by Gasteiger charge is 2.33. The van der Waals surface area contributed by atoms with Gasteiger partial charge in [0.15, 0.2) is 0 Å². The smallest absolute Gasteiger partial charge is 0.311 e. The van der Waals surface area contributed by atoms with Gasteiger partial charge in [0, 0.05) is 5.69 Å². The Kier molecular flexibility index (Phi) is 4.69. The maximum Gasteiger partial charge on any atom is 0.311 e. The van der Waals surface area contributed by atoms with Gasteiger partial charge in [-0.15, -0.1) is 0 Å². The van der Waals surface area contributed by atoms with E-state index >= 15 is 0 Å². The number of carboxylic acids is 1. The van der Waals surface area contributed by atoms with Gasteiger partial charge in [-0.05, 0) is 30.4 Å². The summed E-state index contributed by atoms with van der Waals surface area (Å²) in [6, 6.07) is 5.70. The summed E-state index contributed by atoms with van der Waals surface area (Å²) in [5.41, 5.74) is 8.49. The van der Waals surface area contributed by atoms with Crippen LogP contribution in [0.3, 0.4) is 0 Å². The van der Waals surface area contributed by atoms with Crippen molar-refractivity contribution in [1.29, 1.82) is 0 Å². The first-order valence-corrected chi connectivity index (χ1v) is 7.59. The van der Waals surface area contributed by atoms with Crippen LogP contribution in [0.1, 0.15) is 56.1 Å². The Hall–Kier alpha value is -1.51. The first kappa shape index (κ1) is 14.9. The highest BCUT2D eigenvalue weighted by molar-refractivity contribution is 5.79. The van der Waals surface area contributed by atoms with Crippen LogP contribution in [0.5, 0.6) is 0 Å². The van der Waals surface area contributed by atoms with E-state index in [0.717, 1.165) is 24.0 Å². The largest absolute Gasteiger partial charge is 0.481 e. The van der Waals surface area contributed by atoms with E-state index in [4.69, 9.17) is 5.73 Å². The second kappa shape index (κ2) is 6.29. The van der Waals surface area contributed by atoms with Crippen LogP contribution in [0.25, 0.3) is 0 Å². The second-order valence-corrected chi connectivity index (χ2v) is 6.21. The summed E-state index contributed by atoms with van der Waals surface area (Å²) in [4.78, 5) is 11.8. The summed E-state index contributed by atoms with van der Waals surface area (Å²) in [5.74, 6) is -0.597. The predicted octanol–water partition coefficient (Wildman–Crippen LogP) is 3.96. The molecule has 20 heavy (non-hydrogen) atoms. The molecular weight excluding hydrogens is 250 g/mol. The molecule has 1 aliphatic carbocycles. The molecule has 0 spiro atoms. The van der Waals surface area contributed by atoms with Crippen molar-refractivity contribution in [3.05, 3.63) is 29.3 Å². The molecule has 3 nitrogen and oxygen atoms in total. The molecule has 0 aliphatic heterocycles. The first-order chi connectivity index (χ1) is 9.50. The predicted molar refractivity (Wildman–Crippen MR) is 81.7 cm³/mol. The summed E-state index contributed by atoms with van der Waals surface area (Å²) in [6.45, 7) is 4.06. The fourth-order valence-electron chi connectivity index (χ4n) is 3.54. The molecule has 3 heteroatoms. The van der Waals surface area contributed by atoms with E-state index in [0.29, 0.717) is 11.6 Å². The second-order valence-electron chi connectivity index (χ2n) is 6.21. The summed E-state index contributed by atoms with van der Waals surface area (Å²) < 4.78 is 0. The van der Waals surface area contributed by atoms with Crippen molar-refractivity contribution in [2.45, 2.75) is 51.9 Å². The fourth-order valence-corrected chi connectivity index (χ4v) is 3.54. The molecule has 3 N–H and O–H groups in total. The Morgan fingerprint density at radius 2 is 1.95 bits per heavy atom. The maximum absolute atomic E-state index is 11.8. The number of nitrogen functional groups attached to an aromatic ring is 1. The fraction of sp³-hybridized carbons (Fsp3) is 0.588. The number of carboxylic acid groups (broad SMARTS) is 1. The lowest BCUT2D eigenvalue weighted by molar-refractivity contribution is -0.140. The molecule has 1 aliphatic rings. The van der Waals surface area contributed by atoms with Gasteiger partial charge in [-0.3, -0.25) is 4.79 Å². The third-order valence-corrected chi connectivity index (χ3v) is 4.76. The highest BCUT2D eigenvalue weighted by atomic mass is 16.4. The summed E-state index contributed by atoms with van der Waals surface area (Å²) in [5, 5.41) is 9.69. The Labute approximate surface area is 121 Å². The number of aryl methyl sites for hydroxylation is 1. The molecule has 0 bridgehead atoms. The number of hydrogen-bond donors (Lipinski definition) is 2. The molecule has 0 radical (unpaired) electrons. The van der Waals surface area contributed by atoms with Crippen LogP contribution in [-0.4, -0.2) is 11.1 Å². The van der Waals surface area contributed by atoms with Crippen molar-refractivity contribution < 1.29 is 9.90 Å². The quantitative estimate of drug-likeness (QED) is 0.817. The van der Waals surface area contributed by atoms with E-state index in [2.05, 4.69) is 6.92 Å². The van der Waals surface area contributed by atoms with E-state index < -0.39 is 11.9 Å². The first-order valence-electron chi connectivity index (χ1n) is 7.59. The van der Waals surface area contributed by atoms with Gasteiger partial charge in [0.25, 0.3) is 0 Å². The molecule has 0 amide bonds. The average molecular weight is 275 g/mol. The summed E-state index contributed by atoms with van der Waals surface area (Å²) >= 11 is 0. The summed E-state index contributed by atoms with van der Waals surface area (Å²) in [7, 11) is 0. The Balaban J connectivity index is 2.30. The van der Waals surface area contributed by atoms with E-state index in [-0.39, 0.29) is 5.92 Å². The van der Waals surface area contributed by atoms with Crippen molar-refractivity contribution >= 4 is 11.7 Å². The minimum absolute atomic E-state index is 0.136. The van der Waals surface area contributed by atoms with Crippen molar-refractivity contribution in [1.82, 2.24) is 0 Å². The molecule has 0 saturated heterocycles. The number of benzene rings is 1. The van der Waals surface area contributed by atoms with Crippen LogP contribution in [0.4, 0.5) is 5.69 Å². The highest BCUT2D eigenvalue weighted by Crippen LogP contribution is 2.40. The molecule has 1 aromatic rings. The molecular formula is C17H25NO2. The topological polar surface area (TPSA) is 63.3 Å². The molecule has 2 unspecified atom stereocenters. The van der Waals surface area contributed by atoms with Gasteiger partial charge in [-0.25, -0.2) is 0 Å². The zero-order valence-electron chi connectivity index (χ0n) is 12.4. The SMILES string of the molecule is Cc1ccc(N)c(C(C(=O)O)C(C)C2CCCCC2)c1. The monoisotopic (exact) mass is 275 g/mol. The van der Waals surface area contributed by atoms with Crippen LogP contribution in [0.2, 0.25) is 0 Å². The van der Waals surface area contributed by atoms with Gasteiger partial charge in [-0.1, -0.05) is 56.7 Å². The number of rotatable bonds is 4. The molecule has 1 saturated carbocycles. The minimum atomic E-state index is -0.750. The lowest BCUT2D eigenvalue weighted by Crippen LogP contribution is -2.28. The molecule has 0 heterocycles. The van der Waals surface area contributed by atoms with Gasteiger partial charge in [0.1, 0.15) is 0 Å². The van der Waals surface area contributed by atoms with E-state index in [1.165, 1.54) is 19.3 Å². The number of nitrogens with two attached hydrogens (primary N) is 1. The van der Waals surface area contributed by atoms with Crippen molar-refractivity contribution in [2.24, 2.45) is 11.8 Å². The zero-order valence-corrected chi connectivity index (χ0v) is 12.4. The molecule has 1 fully saturated rings. The molecule has 1 aromatic carbocycles. The van der Waals surface area contributed by atoms with Gasteiger partial charge in [0.2, 0.25) is 0 Å². The number of anilines is 1. The number of carbonyl (C=O) groups is 1. The Bertz CT molecular complexity index is 478. The van der Waals surface area contributed by atoms with Gasteiger partial charge < -0.3 is 10.8 Å². The van der Waals surface area contributed by atoms with Crippen molar-refractivity contribution in [2.75, 3.05) is 5.73 Å². The van der Waals surface area contributed by atoms with E-state index in [9.17, 15) is 9.90 Å². The lowest BCUT2D eigenvalue weighted by atomic mass is 9.72. The Morgan fingerprint density at radius 3 is 2.55 bits per heavy atom. The van der Waals surface area contributed by atoms with Gasteiger partial charge >= 0.3 is 5.97 Å². The number of aliphatic carboxylic acids is 1. The minimum Gasteiger partial charge on any atom is -0.481 e. The normalized spacial score (nSPS) is 19.5. The summed E-state index contributed by atoms with van der Waals surface area (Å²) in [6.07, 6.45) is 6.04. The van der Waals surface area contributed by atoms with Crippen LogP contribution in [0, 0.1) is 18.8 Å². The third-order valence-electron chi connectivity index (χ3n) is 4.76. The van der Waals surface area contributed by atoms with E-state index in [1.54, 1.807) is 0 Å². The van der Waals surface area contributed by atoms with Crippen LogP contribution < -0.4 is 5.73 Å². The Morgan fingerprint density at radius 1 is 1.30 bits per heavy atom.